The summed E-state index contributed by atoms with van der Waals surface area (Å²) in [5, 5.41) is 5.49. The first-order valence-electron chi connectivity index (χ1n) is 8.35. The molecule has 0 saturated carbocycles. The van der Waals surface area contributed by atoms with Gasteiger partial charge in [0.25, 0.3) is 5.91 Å². The zero-order valence-electron chi connectivity index (χ0n) is 14.2. The topological polar surface area (TPSA) is 58.2 Å². The Bertz CT molecular complexity index is 1070. The molecule has 0 atom stereocenters. The zero-order chi connectivity index (χ0) is 18.8. The van der Waals surface area contributed by atoms with Gasteiger partial charge >= 0.3 is 0 Å². The summed E-state index contributed by atoms with van der Waals surface area (Å²) in [5.74, 6) is -0.696. The summed E-state index contributed by atoms with van der Waals surface area (Å²) < 4.78 is 13.9. The number of thiophene rings is 1. The number of fused-ring (bicyclic) bond motifs is 1. The Morgan fingerprint density at radius 2 is 1.96 bits per heavy atom. The van der Waals surface area contributed by atoms with Gasteiger partial charge < -0.3 is 10.6 Å². The number of hydrogen-bond donors (Lipinski definition) is 2. The van der Waals surface area contributed by atoms with Gasteiger partial charge in [-0.3, -0.25) is 9.59 Å². The second kappa shape index (κ2) is 7.17. The molecule has 4 nitrogen and oxygen atoms in total. The van der Waals surface area contributed by atoms with Crippen molar-refractivity contribution in [3.8, 4) is 10.4 Å². The minimum Gasteiger partial charge on any atom is -0.348 e. The van der Waals surface area contributed by atoms with Crippen LogP contribution in [0.25, 0.3) is 16.5 Å². The fourth-order valence-electron chi connectivity index (χ4n) is 2.88. The third-order valence-electron chi connectivity index (χ3n) is 4.23. The van der Waals surface area contributed by atoms with Crippen LogP contribution < -0.4 is 10.6 Å². The number of rotatable bonds is 4. The van der Waals surface area contributed by atoms with E-state index in [2.05, 4.69) is 10.6 Å². The van der Waals surface area contributed by atoms with Crippen molar-refractivity contribution in [3.63, 3.8) is 0 Å². The van der Waals surface area contributed by atoms with Gasteiger partial charge in [-0.2, -0.15) is 0 Å². The molecule has 1 aromatic heterocycles. The highest BCUT2D eigenvalue weighted by atomic mass is 32.1. The van der Waals surface area contributed by atoms with Crippen molar-refractivity contribution < 1.29 is 14.0 Å². The van der Waals surface area contributed by atoms with E-state index in [4.69, 9.17) is 0 Å². The number of carbonyl (C=O) groups excluding carboxylic acids is 2. The molecule has 0 fully saturated rings. The van der Waals surface area contributed by atoms with Crippen LogP contribution >= 0.6 is 11.3 Å². The monoisotopic (exact) mass is 378 g/mol. The van der Waals surface area contributed by atoms with Crippen LogP contribution in [0.4, 0.5) is 10.1 Å². The van der Waals surface area contributed by atoms with Gasteiger partial charge in [-0.1, -0.05) is 24.3 Å². The highest BCUT2D eigenvalue weighted by Gasteiger charge is 2.18. The van der Waals surface area contributed by atoms with Crippen molar-refractivity contribution in [2.24, 2.45) is 0 Å². The average Bonchev–Trinajstić information content (AvgIpc) is 3.28. The van der Waals surface area contributed by atoms with Crippen LogP contribution in [0.1, 0.15) is 20.8 Å². The highest BCUT2D eigenvalue weighted by molar-refractivity contribution is 7.16. The lowest BCUT2D eigenvalue weighted by Crippen LogP contribution is -2.13. The number of benzene rings is 2. The number of halogens is 1. The molecule has 0 bridgehead atoms. The molecule has 0 spiro atoms. The number of hydrogen-bond acceptors (Lipinski definition) is 3. The van der Waals surface area contributed by atoms with E-state index in [-0.39, 0.29) is 17.6 Å². The number of nitrogens with one attached hydrogen (secondary N) is 2. The molecule has 0 aliphatic carbocycles. The predicted octanol–water partition coefficient (Wildman–Crippen LogP) is 4.45. The Kier molecular flexibility index (Phi) is 4.56. The van der Waals surface area contributed by atoms with E-state index in [0.717, 1.165) is 15.3 Å². The van der Waals surface area contributed by atoms with Crippen LogP contribution in [0.3, 0.4) is 0 Å². The Morgan fingerprint density at radius 1 is 1.11 bits per heavy atom. The smallest absolute Gasteiger partial charge is 0.251 e. The van der Waals surface area contributed by atoms with Crippen LogP contribution in [0.15, 0.2) is 60.7 Å². The quantitative estimate of drug-likeness (QED) is 0.659. The van der Waals surface area contributed by atoms with Gasteiger partial charge in [0.2, 0.25) is 5.91 Å². The molecular weight excluding hydrogens is 363 g/mol. The third kappa shape index (κ3) is 3.66. The van der Waals surface area contributed by atoms with E-state index in [1.165, 1.54) is 23.5 Å². The van der Waals surface area contributed by atoms with Gasteiger partial charge in [0, 0.05) is 39.2 Å². The average molecular weight is 378 g/mol. The molecule has 2 heterocycles. The molecule has 0 saturated heterocycles. The molecule has 2 amide bonds. The van der Waals surface area contributed by atoms with Crippen molar-refractivity contribution in [1.82, 2.24) is 5.32 Å². The summed E-state index contributed by atoms with van der Waals surface area (Å²) in [6.07, 6.45) is 3.11. The van der Waals surface area contributed by atoms with Gasteiger partial charge in [0.05, 0.1) is 0 Å². The SMILES string of the molecule is O=C(/C=C/c1ccc(-c2ccccc2F)s1)Nc1ccc2c(c1)C(=O)NC2. The standard InChI is InChI=1S/C21H15FN2O2S/c22-18-4-2-1-3-16(18)19-9-7-15(27-19)8-10-20(25)24-14-6-5-13-12-23-21(26)17(13)11-14/h1-11H,12H2,(H,23,26)(H,24,25)/b10-8+. The van der Waals surface area contributed by atoms with E-state index in [0.29, 0.717) is 23.4 Å². The maximum Gasteiger partial charge on any atom is 0.251 e. The fourth-order valence-corrected chi connectivity index (χ4v) is 3.82. The summed E-state index contributed by atoms with van der Waals surface area (Å²) in [4.78, 5) is 25.5. The van der Waals surface area contributed by atoms with E-state index >= 15 is 0 Å². The van der Waals surface area contributed by atoms with E-state index < -0.39 is 0 Å². The molecule has 0 radical (unpaired) electrons. The molecule has 1 aliphatic rings. The van der Waals surface area contributed by atoms with Crippen molar-refractivity contribution in [2.45, 2.75) is 6.54 Å². The number of anilines is 1. The normalized spacial score (nSPS) is 12.9. The molecule has 134 valence electrons. The van der Waals surface area contributed by atoms with E-state index in [1.807, 2.05) is 18.2 Å². The van der Waals surface area contributed by atoms with Crippen LogP contribution in [-0.4, -0.2) is 11.8 Å². The second-order valence-corrected chi connectivity index (χ2v) is 7.17. The predicted molar refractivity (Wildman–Crippen MR) is 105 cm³/mol. The molecule has 0 unspecified atom stereocenters. The molecule has 2 N–H and O–H groups in total. The molecule has 27 heavy (non-hydrogen) atoms. The van der Waals surface area contributed by atoms with Gasteiger partial charge in [0.15, 0.2) is 0 Å². The molecule has 2 aromatic carbocycles. The Balaban J connectivity index is 1.45. The van der Waals surface area contributed by atoms with Crippen LogP contribution in [0.2, 0.25) is 0 Å². The second-order valence-electron chi connectivity index (χ2n) is 6.06. The molecule has 1 aliphatic heterocycles. The van der Waals surface area contributed by atoms with Crippen molar-refractivity contribution in [1.29, 1.82) is 0 Å². The first kappa shape index (κ1) is 17.2. The fraction of sp³-hybridized carbons (Fsp3) is 0.0476. The lowest BCUT2D eigenvalue weighted by Gasteiger charge is -2.03. The lowest BCUT2D eigenvalue weighted by molar-refractivity contribution is -0.111. The number of carbonyl (C=O) groups is 2. The summed E-state index contributed by atoms with van der Waals surface area (Å²) in [7, 11) is 0. The summed E-state index contributed by atoms with van der Waals surface area (Å²) in [6, 6.07) is 15.5. The summed E-state index contributed by atoms with van der Waals surface area (Å²) >= 11 is 1.41. The number of amides is 2. The van der Waals surface area contributed by atoms with Crippen molar-refractivity contribution in [3.05, 3.63) is 82.5 Å². The molecular formula is C21H15FN2O2S. The van der Waals surface area contributed by atoms with Gasteiger partial charge in [-0.15, -0.1) is 11.3 Å². The first-order valence-corrected chi connectivity index (χ1v) is 9.17. The van der Waals surface area contributed by atoms with Crippen molar-refractivity contribution >= 4 is 34.9 Å². The van der Waals surface area contributed by atoms with Crippen LogP contribution in [0.5, 0.6) is 0 Å². The maximum atomic E-state index is 13.9. The third-order valence-corrected chi connectivity index (χ3v) is 5.31. The highest BCUT2D eigenvalue weighted by Crippen LogP contribution is 2.30. The summed E-state index contributed by atoms with van der Waals surface area (Å²) in [6.45, 7) is 0.519. The molecule has 4 rings (SSSR count). The van der Waals surface area contributed by atoms with Crippen LogP contribution in [-0.2, 0) is 11.3 Å². The largest absolute Gasteiger partial charge is 0.348 e. The van der Waals surface area contributed by atoms with Gasteiger partial charge in [-0.05, 0) is 42.0 Å². The lowest BCUT2D eigenvalue weighted by atomic mass is 10.1. The summed E-state index contributed by atoms with van der Waals surface area (Å²) in [5.41, 5.74) is 2.62. The van der Waals surface area contributed by atoms with Crippen molar-refractivity contribution in [2.75, 3.05) is 5.32 Å². The minimum absolute atomic E-state index is 0.129. The maximum absolute atomic E-state index is 13.9. The zero-order valence-corrected chi connectivity index (χ0v) is 15.0. The minimum atomic E-state index is -0.297. The Labute approximate surface area is 159 Å². The van der Waals surface area contributed by atoms with Crippen LogP contribution in [0, 0.1) is 5.82 Å². The van der Waals surface area contributed by atoms with Gasteiger partial charge in [0.1, 0.15) is 5.82 Å². The molecule has 6 heteroatoms. The van der Waals surface area contributed by atoms with E-state index in [9.17, 15) is 14.0 Å². The Morgan fingerprint density at radius 3 is 2.81 bits per heavy atom. The molecule has 3 aromatic rings. The first-order chi connectivity index (χ1) is 13.1. The Hall–Kier alpha value is -3.25. The van der Waals surface area contributed by atoms with E-state index in [1.54, 1.807) is 36.4 Å². The van der Waals surface area contributed by atoms with Gasteiger partial charge in [-0.25, -0.2) is 4.39 Å².